The summed E-state index contributed by atoms with van der Waals surface area (Å²) in [5, 5.41) is 1.14. The number of pyridine rings is 2. The zero-order valence-electron chi connectivity index (χ0n) is 11.8. The molecule has 2 rings (SSSR count). The molecule has 0 aromatic carbocycles. The summed E-state index contributed by atoms with van der Waals surface area (Å²) >= 11 is 5.68. The van der Waals surface area contributed by atoms with E-state index >= 15 is 0 Å². The molecule has 9 heteroatoms. The molecule has 0 aliphatic rings. The van der Waals surface area contributed by atoms with Crippen molar-refractivity contribution in [3.63, 3.8) is 0 Å². The topological polar surface area (TPSA) is 55.3 Å². The smallest absolute Gasteiger partial charge is 0.267 e. The molecular weight excluding hydrogens is 335 g/mol. The molecule has 0 fully saturated rings. The van der Waals surface area contributed by atoms with Gasteiger partial charge in [0.05, 0.1) is 21.8 Å². The minimum Gasteiger partial charge on any atom is -0.267 e. The lowest BCUT2D eigenvalue weighted by atomic mass is 10.1. The fraction of sp³-hybridized carbons (Fsp3) is 0.214. The maximum absolute atomic E-state index is 12.9. The predicted octanol–water partition coefficient (Wildman–Crippen LogP) is 3.35. The van der Waals surface area contributed by atoms with Gasteiger partial charge in [-0.15, -0.1) is 0 Å². The van der Waals surface area contributed by atoms with Gasteiger partial charge in [0.25, 0.3) is 5.91 Å². The molecule has 0 saturated heterocycles. The Morgan fingerprint density at radius 1 is 1.30 bits per heavy atom. The van der Waals surface area contributed by atoms with Crippen LogP contribution in [0, 0.1) is 0 Å². The number of hydroxylamine groups is 2. The molecule has 5 nitrogen and oxygen atoms in total. The molecule has 2 aromatic heterocycles. The summed E-state index contributed by atoms with van der Waals surface area (Å²) in [7, 11) is 1.21. The van der Waals surface area contributed by atoms with Crippen molar-refractivity contribution in [2.45, 2.75) is 12.8 Å². The van der Waals surface area contributed by atoms with E-state index in [1.807, 2.05) is 0 Å². The SMILES string of the molecule is CN(OCc1ccc(Cl)cn1)C(=O)c1cnccc1C(F)(F)F. The van der Waals surface area contributed by atoms with E-state index in [-0.39, 0.29) is 6.61 Å². The summed E-state index contributed by atoms with van der Waals surface area (Å²) < 4.78 is 38.7. The Labute approximate surface area is 134 Å². The van der Waals surface area contributed by atoms with Crippen molar-refractivity contribution in [1.82, 2.24) is 15.0 Å². The van der Waals surface area contributed by atoms with Gasteiger partial charge >= 0.3 is 6.18 Å². The molecule has 0 spiro atoms. The fourth-order valence-corrected chi connectivity index (χ4v) is 1.81. The average Bonchev–Trinajstić information content (AvgIpc) is 2.52. The Morgan fingerprint density at radius 2 is 2.04 bits per heavy atom. The lowest BCUT2D eigenvalue weighted by molar-refractivity contribution is -0.139. The van der Waals surface area contributed by atoms with Crippen LogP contribution in [0.2, 0.25) is 5.02 Å². The summed E-state index contributed by atoms with van der Waals surface area (Å²) in [6.07, 6.45) is -1.44. The zero-order valence-corrected chi connectivity index (χ0v) is 12.6. The van der Waals surface area contributed by atoms with E-state index in [0.29, 0.717) is 15.8 Å². The molecule has 0 N–H and O–H groups in total. The third-order valence-electron chi connectivity index (χ3n) is 2.84. The van der Waals surface area contributed by atoms with E-state index in [0.717, 1.165) is 18.5 Å². The van der Waals surface area contributed by atoms with Crippen molar-refractivity contribution in [2.75, 3.05) is 7.05 Å². The number of aromatic nitrogens is 2. The van der Waals surface area contributed by atoms with Crippen LogP contribution < -0.4 is 0 Å². The molecule has 2 aromatic rings. The predicted molar refractivity (Wildman–Crippen MR) is 75.4 cm³/mol. The molecule has 0 aliphatic carbocycles. The van der Waals surface area contributed by atoms with Crippen molar-refractivity contribution in [3.05, 3.63) is 58.6 Å². The van der Waals surface area contributed by atoms with Gasteiger partial charge < -0.3 is 0 Å². The second-order valence-corrected chi connectivity index (χ2v) is 4.90. The first kappa shape index (κ1) is 17.2. The highest BCUT2D eigenvalue weighted by Crippen LogP contribution is 2.31. The number of alkyl halides is 3. The van der Waals surface area contributed by atoms with Gasteiger partial charge in [-0.3, -0.25) is 19.6 Å². The molecule has 0 saturated carbocycles. The summed E-state index contributed by atoms with van der Waals surface area (Å²) in [5.74, 6) is -0.959. The van der Waals surface area contributed by atoms with Crippen molar-refractivity contribution in [1.29, 1.82) is 0 Å². The van der Waals surface area contributed by atoms with Gasteiger partial charge in [0, 0.05) is 25.6 Å². The third kappa shape index (κ3) is 4.40. The molecule has 0 atom stereocenters. The van der Waals surface area contributed by atoms with Crippen molar-refractivity contribution >= 4 is 17.5 Å². The Kier molecular flexibility index (Phi) is 5.17. The monoisotopic (exact) mass is 345 g/mol. The number of hydrogen-bond acceptors (Lipinski definition) is 4. The van der Waals surface area contributed by atoms with Crippen molar-refractivity contribution in [2.24, 2.45) is 0 Å². The molecule has 23 heavy (non-hydrogen) atoms. The Morgan fingerprint density at radius 3 is 2.65 bits per heavy atom. The van der Waals surface area contributed by atoms with Crippen LogP contribution in [-0.4, -0.2) is 28.0 Å². The summed E-state index contributed by atoms with van der Waals surface area (Å²) in [6, 6.07) is 3.89. The Hall–Kier alpha value is -2.19. The highest BCUT2D eigenvalue weighted by molar-refractivity contribution is 6.30. The Balaban J connectivity index is 2.10. The first-order chi connectivity index (χ1) is 10.8. The van der Waals surface area contributed by atoms with Crippen molar-refractivity contribution in [3.8, 4) is 0 Å². The number of amides is 1. The molecule has 2 heterocycles. The Bertz CT molecular complexity index is 692. The van der Waals surface area contributed by atoms with E-state index in [9.17, 15) is 18.0 Å². The lowest BCUT2D eigenvalue weighted by Gasteiger charge is -2.18. The second kappa shape index (κ2) is 6.93. The lowest BCUT2D eigenvalue weighted by Crippen LogP contribution is -2.29. The van der Waals surface area contributed by atoms with Crippen LogP contribution in [0.5, 0.6) is 0 Å². The molecule has 122 valence electrons. The van der Waals surface area contributed by atoms with Gasteiger partial charge in [0.2, 0.25) is 0 Å². The average molecular weight is 346 g/mol. The van der Waals surface area contributed by atoms with Crippen molar-refractivity contribution < 1.29 is 22.8 Å². The normalized spacial score (nSPS) is 11.3. The first-order valence-corrected chi connectivity index (χ1v) is 6.69. The van der Waals surface area contributed by atoms with Crippen LogP contribution in [0.4, 0.5) is 13.2 Å². The third-order valence-corrected chi connectivity index (χ3v) is 3.06. The van der Waals surface area contributed by atoms with Crippen LogP contribution in [0.1, 0.15) is 21.6 Å². The standard InChI is InChI=1S/C14H11ClF3N3O2/c1-21(23-8-10-3-2-9(15)6-20-10)13(22)11-7-19-5-4-12(11)14(16,17)18/h2-7H,8H2,1H3. The van der Waals surface area contributed by atoms with Gasteiger partial charge in [0.1, 0.15) is 6.61 Å². The van der Waals surface area contributed by atoms with Crippen LogP contribution in [0.15, 0.2) is 36.8 Å². The summed E-state index contributed by atoms with van der Waals surface area (Å²) in [5.41, 5.74) is -1.19. The van der Waals surface area contributed by atoms with Crippen LogP contribution >= 0.6 is 11.6 Å². The maximum Gasteiger partial charge on any atom is 0.417 e. The minimum atomic E-state index is -4.66. The van der Waals surface area contributed by atoms with Gasteiger partial charge in [-0.25, -0.2) is 5.06 Å². The number of rotatable bonds is 4. The quantitative estimate of drug-likeness (QED) is 0.797. The molecule has 0 unspecified atom stereocenters. The van der Waals surface area contributed by atoms with Crippen LogP contribution in [0.3, 0.4) is 0 Å². The van der Waals surface area contributed by atoms with Gasteiger partial charge in [-0.1, -0.05) is 11.6 Å². The molecule has 1 amide bonds. The van der Waals surface area contributed by atoms with E-state index in [4.69, 9.17) is 16.4 Å². The molecular formula is C14H11ClF3N3O2. The number of nitrogens with zero attached hydrogens (tertiary/aromatic N) is 3. The van der Waals surface area contributed by atoms with Crippen LogP contribution in [-0.2, 0) is 17.6 Å². The van der Waals surface area contributed by atoms with E-state index in [2.05, 4.69) is 9.97 Å². The van der Waals surface area contributed by atoms with E-state index in [1.54, 1.807) is 12.1 Å². The maximum atomic E-state index is 12.9. The molecule has 0 aliphatic heterocycles. The highest BCUT2D eigenvalue weighted by Gasteiger charge is 2.36. The van der Waals surface area contributed by atoms with E-state index in [1.165, 1.54) is 13.2 Å². The number of hydrogen-bond donors (Lipinski definition) is 0. The van der Waals surface area contributed by atoms with Gasteiger partial charge in [-0.05, 0) is 18.2 Å². The first-order valence-electron chi connectivity index (χ1n) is 6.31. The number of halogens is 4. The molecule has 0 bridgehead atoms. The van der Waals surface area contributed by atoms with Gasteiger partial charge in [0.15, 0.2) is 0 Å². The highest BCUT2D eigenvalue weighted by atomic mass is 35.5. The minimum absolute atomic E-state index is 0.0962. The zero-order chi connectivity index (χ0) is 17.0. The summed E-state index contributed by atoms with van der Waals surface area (Å²) in [6.45, 7) is -0.0962. The number of carbonyl (C=O) groups excluding carboxylic acids is 1. The molecule has 0 radical (unpaired) electrons. The van der Waals surface area contributed by atoms with Gasteiger partial charge in [-0.2, -0.15) is 13.2 Å². The van der Waals surface area contributed by atoms with Crippen LogP contribution in [0.25, 0.3) is 0 Å². The second-order valence-electron chi connectivity index (χ2n) is 4.46. The van der Waals surface area contributed by atoms with E-state index < -0.39 is 23.2 Å². The number of carbonyl (C=O) groups is 1. The summed E-state index contributed by atoms with van der Waals surface area (Å²) in [4.78, 5) is 24.8. The largest absolute Gasteiger partial charge is 0.417 e. The fourth-order valence-electron chi connectivity index (χ4n) is 1.70.